The minimum absolute atomic E-state index is 0.0236. The van der Waals surface area contributed by atoms with Gasteiger partial charge < -0.3 is 29.6 Å². The Hall–Kier alpha value is -5.44. The van der Waals surface area contributed by atoms with Crippen LogP contribution in [0.25, 0.3) is 22.3 Å². The lowest BCUT2D eigenvalue weighted by molar-refractivity contribution is 0.00721. The summed E-state index contributed by atoms with van der Waals surface area (Å²) in [5.74, 6) is 1.07. The van der Waals surface area contributed by atoms with Crippen molar-refractivity contribution < 1.29 is 33.3 Å². The summed E-state index contributed by atoms with van der Waals surface area (Å²) in [5.41, 5.74) is 6.04. The molecule has 15 nitrogen and oxygen atoms in total. The van der Waals surface area contributed by atoms with Crippen LogP contribution >= 0.6 is 0 Å². The van der Waals surface area contributed by atoms with Gasteiger partial charge in [0.05, 0.1) is 17.1 Å². The predicted octanol–water partition coefficient (Wildman–Crippen LogP) is 8.58. The first-order chi connectivity index (χ1) is 26.8. The Morgan fingerprint density at radius 1 is 0.737 bits per heavy atom. The molecule has 15 heteroatoms. The molecule has 4 aromatic rings. The molecule has 3 amide bonds. The van der Waals surface area contributed by atoms with Crippen LogP contribution in [-0.2, 0) is 14.2 Å². The zero-order valence-corrected chi connectivity index (χ0v) is 34.6. The van der Waals surface area contributed by atoms with Gasteiger partial charge in [-0.25, -0.2) is 29.0 Å². The number of carbonyl (C=O) groups excluding carboxylic acids is 3. The van der Waals surface area contributed by atoms with Crippen molar-refractivity contribution in [1.82, 2.24) is 29.5 Å². The molecule has 0 bridgehead atoms. The SMILES string of the molecule is CC(C)(C)OC(=O)N1CCN(C2CCC(n3nc(-c4ccc(Oc5ccccc5)c(N)c4)c4c(N(C(=O)OC(C)(C)C)C(=O)OC(C)(C)C)ncnc43)CC2)CC1. The summed E-state index contributed by atoms with van der Waals surface area (Å²) in [6.07, 6.45) is 2.58. The number of nitrogens with zero attached hydrogens (tertiary/aromatic N) is 7. The molecule has 0 radical (unpaired) electrons. The lowest BCUT2D eigenvalue weighted by Gasteiger charge is -2.42. The number of imide groups is 1. The number of carbonyl (C=O) groups is 3. The van der Waals surface area contributed by atoms with Crippen LogP contribution in [0.4, 0.5) is 25.9 Å². The summed E-state index contributed by atoms with van der Waals surface area (Å²) in [4.78, 5) is 54.8. The van der Waals surface area contributed by atoms with Gasteiger partial charge >= 0.3 is 18.3 Å². The monoisotopic (exact) mass is 784 g/mol. The van der Waals surface area contributed by atoms with Gasteiger partial charge in [0.15, 0.2) is 11.5 Å². The molecule has 2 fully saturated rings. The zero-order valence-electron chi connectivity index (χ0n) is 34.6. The molecule has 2 aromatic heterocycles. The largest absolute Gasteiger partial charge is 0.455 e. The van der Waals surface area contributed by atoms with E-state index in [1.54, 1.807) is 58.6 Å². The predicted molar refractivity (Wildman–Crippen MR) is 217 cm³/mol. The Morgan fingerprint density at radius 2 is 1.32 bits per heavy atom. The number of hydrogen-bond acceptors (Lipinski definition) is 12. The second-order valence-electron chi connectivity index (χ2n) is 17.6. The maximum absolute atomic E-state index is 13.9. The smallest absolute Gasteiger partial charge is 0.425 e. The van der Waals surface area contributed by atoms with Gasteiger partial charge in [-0.2, -0.15) is 10.00 Å². The Morgan fingerprint density at radius 3 is 1.88 bits per heavy atom. The number of piperazine rings is 1. The van der Waals surface area contributed by atoms with Crippen molar-refractivity contribution in [2.45, 2.75) is 117 Å². The van der Waals surface area contributed by atoms with Crippen LogP contribution in [0.2, 0.25) is 0 Å². The quantitative estimate of drug-likeness (QED) is 0.146. The molecule has 0 atom stereocenters. The van der Waals surface area contributed by atoms with E-state index in [9.17, 15) is 14.4 Å². The molecule has 57 heavy (non-hydrogen) atoms. The second kappa shape index (κ2) is 16.2. The molecule has 2 aliphatic rings. The number of benzene rings is 2. The number of aromatic nitrogens is 4. The number of nitrogens with two attached hydrogens (primary N) is 1. The van der Waals surface area contributed by atoms with Crippen LogP contribution in [0.5, 0.6) is 11.5 Å². The number of rotatable bonds is 6. The molecule has 1 aliphatic carbocycles. The highest BCUT2D eigenvalue weighted by Crippen LogP contribution is 2.41. The van der Waals surface area contributed by atoms with Gasteiger partial charge in [-0.1, -0.05) is 18.2 Å². The maximum Gasteiger partial charge on any atom is 0.425 e. The molecule has 2 aromatic carbocycles. The van der Waals surface area contributed by atoms with Crippen molar-refractivity contribution in [3.8, 4) is 22.8 Å². The van der Waals surface area contributed by atoms with Crippen molar-refractivity contribution in [3.63, 3.8) is 0 Å². The van der Waals surface area contributed by atoms with E-state index in [1.165, 1.54) is 6.33 Å². The number of amides is 3. The minimum atomic E-state index is -0.950. The summed E-state index contributed by atoms with van der Waals surface area (Å²) in [6, 6.07) is 15.0. The number of nitrogen functional groups attached to an aromatic ring is 1. The first-order valence-electron chi connectivity index (χ1n) is 19.6. The molecule has 0 spiro atoms. The minimum Gasteiger partial charge on any atom is -0.455 e. The highest BCUT2D eigenvalue weighted by molar-refractivity contribution is 6.15. The van der Waals surface area contributed by atoms with Crippen LogP contribution < -0.4 is 15.4 Å². The van der Waals surface area contributed by atoms with E-state index in [2.05, 4.69) is 9.88 Å². The van der Waals surface area contributed by atoms with E-state index in [-0.39, 0.29) is 18.0 Å². The van der Waals surface area contributed by atoms with E-state index in [0.29, 0.717) is 58.6 Å². The number of ether oxygens (including phenoxy) is 4. The van der Waals surface area contributed by atoms with Crippen molar-refractivity contribution >= 4 is 40.8 Å². The van der Waals surface area contributed by atoms with Crippen molar-refractivity contribution in [2.75, 3.05) is 36.8 Å². The standard InChI is InChI=1S/C42H56N8O7/c1-40(2,3)55-37(51)48-23-21-47(22-24-48)28-16-18-29(19-17-28)50-36-33(34(46-50)27-15-20-32(31(43)25-27)54-30-13-11-10-12-14-30)35(44-26-45-36)49(38(52)56-41(4,5)6)39(53)57-42(7,8)9/h10-15,20,25-26,28-29H,16-19,21-24,43H2,1-9H3. The third-order valence-corrected chi connectivity index (χ3v) is 9.58. The number of fused-ring (bicyclic) bond motifs is 1. The van der Waals surface area contributed by atoms with Crippen molar-refractivity contribution in [1.29, 1.82) is 0 Å². The van der Waals surface area contributed by atoms with Gasteiger partial charge in [0.1, 0.15) is 40.3 Å². The second-order valence-corrected chi connectivity index (χ2v) is 17.6. The molecule has 1 saturated carbocycles. The maximum atomic E-state index is 13.9. The summed E-state index contributed by atoms with van der Waals surface area (Å²) < 4.78 is 25.0. The van der Waals surface area contributed by atoms with E-state index in [0.717, 1.165) is 43.7 Å². The molecule has 1 aliphatic heterocycles. The van der Waals surface area contributed by atoms with Crippen LogP contribution in [0.1, 0.15) is 94.0 Å². The molecule has 2 N–H and O–H groups in total. The van der Waals surface area contributed by atoms with E-state index in [1.807, 2.05) is 61.9 Å². The summed E-state index contributed by atoms with van der Waals surface area (Å²) in [5, 5.41) is 5.53. The van der Waals surface area contributed by atoms with Gasteiger partial charge in [0.25, 0.3) is 0 Å². The number of anilines is 2. The summed E-state index contributed by atoms with van der Waals surface area (Å²) >= 11 is 0. The molecule has 0 unspecified atom stereocenters. The van der Waals surface area contributed by atoms with Gasteiger partial charge in [-0.05, 0) is 118 Å². The lowest BCUT2D eigenvalue weighted by atomic mass is 9.90. The van der Waals surface area contributed by atoms with Crippen LogP contribution in [0.3, 0.4) is 0 Å². The molecule has 306 valence electrons. The van der Waals surface area contributed by atoms with Gasteiger partial charge in [-0.15, -0.1) is 0 Å². The third-order valence-electron chi connectivity index (χ3n) is 9.58. The van der Waals surface area contributed by atoms with Crippen LogP contribution in [0.15, 0.2) is 54.9 Å². The Bertz CT molecular complexity index is 2040. The van der Waals surface area contributed by atoms with Crippen molar-refractivity contribution in [3.05, 3.63) is 54.9 Å². The van der Waals surface area contributed by atoms with E-state index >= 15 is 0 Å². The lowest BCUT2D eigenvalue weighted by Crippen LogP contribution is -2.53. The molecule has 1 saturated heterocycles. The Labute approximate surface area is 334 Å². The fraction of sp³-hybridized carbons (Fsp3) is 0.524. The summed E-state index contributed by atoms with van der Waals surface area (Å²) in [6.45, 7) is 18.7. The highest BCUT2D eigenvalue weighted by atomic mass is 16.6. The first-order valence-corrected chi connectivity index (χ1v) is 19.6. The number of para-hydroxylation sites is 1. The van der Waals surface area contributed by atoms with Gasteiger partial charge in [-0.3, -0.25) is 4.90 Å². The zero-order chi connectivity index (χ0) is 41.3. The molecular formula is C42H56N8O7. The molecule has 6 rings (SSSR count). The normalized spacial score (nSPS) is 18.2. The van der Waals surface area contributed by atoms with Crippen LogP contribution in [-0.4, -0.2) is 96.9 Å². The highest BCUT2D eigenvalue weighted by Gasteiger charge is 2.38. The third kappa shape index (κ3) is 10.1. The Kier molecular flexibility index (Phi) is 11.7. The Balaban J connectivity index is 1.35. The first kappa shape index (κ1) is 41.2. The average Bonchev–Trinajstić information content (AvgIpc) is 3.51. The van der Waals surface area contributed by atoms with Crippen LogP contribution in [0, 0.1) is 0 Å². The molecular weight excluding hydrogens is 729 g/mol. The summed E-state index contributed by atoms with van der Waals surface area (Å²) in [7, 11) is 0. The average molecular weight is 785 g/mol. The fourth-order valence-corrected chi connectivity index (χ4v) is 7.12. The van der Waals surface area contributed by atoms with E-state index in [4.69, 9.17) is 34.8 Å². The number of hydrogen-bond donors (Lipinski definition) is 1. The fourth-order valence-electron chi connectivity index (χ4n) is 7.12. The van der Waals surface area contributed by atoms with Gasteiger partial charge in [0.2, 0.25) is 0 Å². The molecule has 3 heterocycles. The topological polar surface area (TPSA) is 167 Å². The van der Waals surface area contributed by atoms with Gasteiger partial charge in [0, 0.05) is 37.8 Å². The van der Waals surface area contributed by atoms with Crippen molar-refractivity contribution in [2.24, 2.45) is 0 Å². The van der Waals surface area contributed by atoms with E-state index < -0.39 is 29.0 Å².